The lowest BCUT2D eigenvalue weighted by molar-refractivity contribution is -0.192. The minimum atomic E-state index is -5.08. The van der Waals surface area contributed by atoms with Gasteiger partial charge in [-0.3, -0.25) is 19.8 Å². The Morgan fingerprint density at radius 3 is 2.20 bits per heavy atom. The molecule has 246 valence electrons. The maximum atomic E-state index is 13.7. The Kier molecular flexibility index (Phi) is 12.7. The van der Waals surface area contributed by atoms with E-state index in [4.69, 9.17) is 25.8 Å². The van der Waals surface area contributed by atoms with Gasteiger partial charge in [0.05, 0.1) is 18.2 Å². The van der Waals surface area contributed by atoms with Crippen LogP contribution in [0.4, 0.5) is 32.0 Å². The number of nitrogens with two attached hydrogens (primary N) is 1. The zero-order valence-electron chi connectivity index (χ0n) is 23.8. The Bertz CT molecular complexity index is 1380. The number of amides is 3. The molecule has 0 bridgehead atoms. The number of nitrogens with one attached hydrogen (secondary N) is 3. The number of carboxylic acids is 1. The van der Waals surface area contributed by atoms with Crippen molar-refractivity contribution in [2.75, 3.05) is 25.0 Å². The molecule has 1 fully saturated rings. The van der Waals surface area contributed by atoms with Crippen LogP contribution in [0.15, 0.2) is 42.5 Å². The molecule has 2 aromatic rings. The van der Waals surface area contributed by atoms with Crippen molar-refractivity contribution < 1.29 is 55.4 Å². The summed E-state index contributed by atoms with van der Waals surface area (Å²) in [5.41, 5.74) is 5.48. The van der Waals surface area contributed by atoms with Crippen LogP contribution >= 0.6 is 0 Å². The van der Waals surface area contributed by atoms with Crippen LogP contribution in [0.2, 0.25) is 0 Å². The number of ether oxygens (including phenoxy) is 1. The molecule has 1 aliphatic heterocycles. The van der Waals surface area contributed by atoms with Gasteiger partial charge in [0.15, 0.2) is 0 Å². The maximum absolute atomic E-state index is 13.7. The number of hydrogen-bond donors (Lipinski definition) is 5. The molecular formula is C28H31F6N5O6. The van der Waals surface area contributed by atoms with E-state index in [2.05, 4.69) is 10.6 Å². The van der Waals surface area contributed by atoms with Gasteiger partial charge in [0.1, 0.15) is 18.0 Å². The molecule has 1 heterocycles. The van der Waals surface area contributed by atoms with Crippen LogP contribution in [0, 0.1) is 5.41 Å². The molecule has 1 atom stereocenters. The second-order valence-electron chi connectivity index (χ2n) is 9.75. The fourth-order valence-electron chi connectivity index (χ4n) is 4.00. The van der Waals surface area contributed by atoms with Crippen molar-refractivity contribution in [1.29, 1.82) is 5.41 Å². The molecule has 6 N–H and O–H groups in total. The number of amidine groups is 1. The average molecular weight is 648 g/mol. The number of hydrogen-bond acceptors (Lipinski definition) is 6. The van der Waals surface area contributed by atoms with E-state index in [1.807, 2.05) is 0 Å². The third-order valence-corrected chi connectivity index (χ3v) is 6.23. The Morgan fingerprint density at radius 2 is 1.69 bits per heavy atom. The lowest BCUT2D eigenvalue weighted by Crippen LogP contribution is -2.30. The number of anilines is 1. The first-order valence-electron chi connectivity index (χ1n) is 13.3. The van der Waals surface area contributed by atoms with Gasteiger partial charge < -0.3 is 31.1 Å². The highest BCUT2D eigenvalue weighted by Gasteiger charge is 2.38. The van der Waals surface area contributed by atoms with Gasteiger partial charge in [-0.25, -0.2) is 4.79 Å². The van der Waals surface area contributed by atoms with Gasteiger partial charge in [-0.05, 0) is 61.7 Å². The van der Waals surface area contributed by atoms with E-state index in [-0.39, 0.29) is 29.7 Å². The molecule has 3 rings (SSSR count). The molecule has 0 spiro atoms. The molecule has 1 saturated heterocycles. The van der Waals surface area contributed by atoms with Crippen molar-refractivity contribution in [3.05, 3.63) is 59.2 Å². The lowest BCUT2D eigenvalue weighted by Gasteiger charge is -2.20. The summed E-state index contributed by atoms with van der Waals surface area (Å²) in [5, 5.41) is 19.6. The van der Waals surface area contributed by atoms with Crippen LogP contribution in [-0.2, 0) is 25.4 Å². The van der Waals surface area contributed by atoms with Crippen molar-refractivity contribution in [2.45, 2.75) is 51.0 Å². The van der Waals surface area contributed by atoms with Crippen LogP contribution < -0.4 is 21.1 Å². The number of nitrogens with zero attached hydrogens (tertiary/aromatic N) is 1. The molecule has 3 amide bonds. The van der Waals surface area contributed by atoms with Gasteiger partial charge in [-0.2, -0.15) is 26.3 Å². The zero-order valence-corrected chi connectivity index (χ0v) is 23.8. The summed E-state index contributed by atoms with van der Waals surface area (Å²) in [7, 11) is 0. The third-order valence-electron chi connectivity index (χ3n) is 6.23. The number of rotatable bonds is 11. The maximum Gasteiger partial charge on any atom is 0.490 e. The predicted molar refractivity (Wildman–Crippen MR) is 148 cm³/mol. The highest BCUT2D eigenvalue weighted by atomic mass is 19.4. The van der Waals surface area contributed by atoms with E-state index in [1.165, 1.54) is 31.2 Å². The SMILES string of the molecule is CC(NC(=O)CC(=O)Nc1ccc(C(=N)N)cc1)c1ccc(OCCCN2CCCC2=O)c(C(F)(F)F)c1.O=C(O)C(F)(F)F. The molecule has 45 heavy (non-hydrogen) atoms. The van der Waals surface area contributed by atoms with E-state index in [0.717, 1.165) is 12.5 Å². The van der Waals surface area contributed by atoms with Crippen molar-refractivity contribution in [3.63, 3.8) is 0 Å². The Balaban J connectivity index is 0.000000900. The molecule has 17 heteroatoms. The smallest absolute Gasteiger partial charge is 0.490 e. The molecule has 1 unspecified atom stereocenters. The first-order chi connectivity index (χ1) is 20.9. The Morgan fingerprint density at radius 1 is 1.07 bits per heavy atom. The first kappa shape index (κ1) is 36.4. The van der Waals surface area contributed by atoms with Crippen LogP contribution in [0.3, 0.4) is 0 Å². The minimum Gasteiger partial charge on any atom is -0.493 e. The average Bonchev–Trinajstić information content (AvgIpc) is 3.34. The van der Waals surface area contributed by atoms with Gasteiger partial charge in [0, 0.05) is 30.8 Å². The summed E-state index contributed by atoms with van der Waals surface area (Å²) >= 11 is 0. The highest BCUT2D eigenvalue weighted by molar-refractivity contribution is 6.04. The van der Waals surface area contributed by atoms with E-state index < -0.39 is 48.2 Å². The van der Waals surface area contributed by atoms with E-state index in [9.17, 15) is 40.7 Å². The van der Waals surface area contributed by atoms with Gasteiger partial charge in [-0.1, -0.05) is 6.07 Å². The molecule has 0 aliphatic carbocycles. The summed E-state index contributed by atoms with van der Waals surface area (Å²) in [4.78, 5) is 46.7. The second-order valence-corrected chi connectivity index (χ2v) is 9.75. The number of aliphatic carboxylic acids is 1. The Labute approximate surface area is 253 Å². The summed E-state index contributed by atoms with van der Waals surface area (Å²) < 4.78 is 78.3. The number of halogens is 6. The predicted octanol–water partition coefficient (Wildman–Crippen LogP) is 4.22. The van der Waals surface area contributed by atoms with Gasteiger partial charge >= 0.3 is 18.3 Å². The highest BCUT2D eigenvalue weighted by Crippen LogP contribution is 2.38. The summed E-state index contributed by atoms with van der Waals surface area (Å²) in [6, 6.07) is 8.89. The van der Waals surface area contributed by atoms with E-state index >= 15 is 0 Å². The number of nitrogen functional groups attached to an aromatic ring is 1. The molecule has 1 aliphatic rings. The van der Waals surface area contributed by atoms with Crippen molar-refractivity contribution in [2.24, 2.45) is 5.73 Å². The monoisotopic (exact) mass is 647 g/mol. The number of carbonyl (C=O) groups excluding carboxylic acids is 3. The van der Waals surface area contributed by atoms with Crippen LogP contribution in [0.1, 0.15) is 55.3 Å². The normalized spacial score (nSPS) is 13.8. The molecule has 0 saturated carbocycles. The van der Waals surface area contributed by atoms with Crippen molar-refractivity contribution in [1.82, 2.24) is 10.2 Å². The van der Waals surface area contributed by atoms with Crippen LogP contribution in [0.25, 0.3) is 0 Å². The van der Waals surface area contributed by atoms with E-state index in [0.29, 0.717) is 37.2 Å². The number of carboxylic acid groups (broad SMARTS) is 1. The quantitative estimate of drug-likeness (QED) is 0.0798. The lowest BCUT2D eigenvalue weighted by atomic mass is 10.0. The van der Waals surface area contributed by atoms with Crippen molar-refractivity contribution in [3.8, 4) is 5.75 Å². The summed E-state index contributed by atoms with van der Waals surface area (Å²) in [5.74, 6) is -4.45. The molecular weight excluding hydrogens is 616 g/mol. The van der Waals surface area contributed by atoms with Crippen molar-refractivity contribution >= 4 is 35.2 Å². The summed E-state index contributed by atoms with van der Waals surface area (Å²) in [6.07, 6.45) is -8.62. The molecule has 0 aromatic heterocycles. The van der Waals surface area contributed by atoms with Gasteiger partial charge in [0.2, 0.25) is 17.7 Å². The largest absolute Gasteiger partial charge is 0.493 e. The molecule has 11 nitrogen and oxygen atoms in total. The topological polar surface area (TPSA) is 175 Å². The number of alkyl halides is 6. The number of carbonyl (C=O) groups is 4. The van der Waals surface area contributed by atoms with Gasteiger partial charge in [-0.15, -0.1) is 0 Å². The third kappa shape index (κ3) is 12.0. The molecule has 0 radical (unpaired) electrons. The Hall–Kier alpha value is -4.83. The van der Waals surface area contributed by atoms with Crippen LogP contribution in [0.5, 0.6) is 5.75 Å². The fourth-order valence-corrected chi connectivity index (χ4v) is 4.00. The van der Waals surface area contributed by atoms with Crippen LogP contribution in [-0.4, -0.2) is 65.4 Å². The number of likely N-dealkylation sites (tertiary alicyclic amines) is 1. The standard InChI is InChI=1S/C26H30F3N5O4.C2HF3O2/c1-16(32-22(35)15-23(36)33-19-8-5-17(6-9-19)25(30)31)18-7-10-21(20(14-18)26(27,28)29)38-13-3-12-34-11-2-4-24(34)37;3-2(4,5)1(6)7/h5-10,14,16H,2-4,11-13,15H2,1H3,(H3,30,31)(H,32,35)(H,33,36);(H,6,7). The fraction of sp³-hybridized carbons (Fsp3) is 0.393. The minimum absolute atomic E-state index is 0.0189. The first-order valence-corrected chi connectivity index (χ1v) is 13.3. The zero-order chi connectivity index (χ0) is 33.9. The molecule has 2 aromatic carbocycles. The summed E-state index contributed by atoms with van der Waals surface area (Å²) in [6.45, 7) is 2.61. The number of benzene rings is 2. The van der Waals surface area contributed by atoms with Gasteiger partial charge in [0.25, 0.3) is 0 Å². The second kappa shape index (κ2) is 15.8. The van der Waals surface area contributed by atoms with E-state index in [1.54, 1.807) is 17.0 Å².